The summed E-state index contributed by atoms with van der Waals surface area (Å²) in [6, 6.07) is 21.0. The van der Waals surface area contributed by atoms with E-state index in [0.29, 0.717) is 27.3 Å². The minimum absolute atomic E-state index is 0.234. The molecule has 0 saturated heterocycles. The van der Waals surface area contributed by atoms with Crippen molar-refractivity contribution in [2.24, 2.45) is 0 Å². The number of hydrogen-bond donors (Lipinski definition) is 1. The average Bonchev–Trinajstić information content (AvgIpc) is 3.14. The van der Waals surface area contributed by atoms with Gasteiger partial charge in [0.05, 0.1) is 22.4 Å². The molecule has 1 N–H and O–H groups in total. The minimum Gasteiger partial charge on any atom is -0.319 e. The summed E-state index contributed by atoms with van der Waals surface area (Å²) in [5.41, 5.74) is 4.52. The number of carbonyl (C=O) groups excluding carboxylic acids is 1. The van der Waals surface area contributed by atoms with Crippen molar-refractivity contribution in [1.29, 1.82) is 0 Å². The lowest BCUT2D eigenvalue weighted by atomic mass is 10.0. The molecular formula is C19H12ClN3OS. The van der Waals surface area contributed by atoms with E-state index in [1.165, 1.54) is 0 Å². The largest absolute Gasteiger partial charge is 0.319 e. The molecule has 1 heterocycles. The highest BCUT2D eigenvalue weighted by Gasteiger charge is 2.14. The van der Waals surface area contributed by atoms with Crippen LogP contribution in [0.4, 0.5) is 5.69 Å². The second kappa shape index (κ2) is 6.63. The predicted octanol–water partition coefficient (Wildman–Crippen LogP) is 5.26. The Morgan fingerprint density at radius 1 is 0.880 bits per heavy atom. The fraction of sp³-hybridized carbons (Fsp3) is 0. The smallest absolute Gasteiger partial charge is 0.255 e. The van der Waals surface area contributed by atoms with Gasteiger partial charge in [0, 0.05) is 5.56 Å². The van der Waals surface area contributed by atoms with E-state index in [9.17, 15) is 4.79 Å². The summed E-state index contributed by atoms with van der Waals surface area (Å²) in [4.78, 5) is 12.6. The standard InChI is InChI=1S/C19H12ClN3OS/c20-15-10-11-16-18(23-25-22-16)17(15)21-19(24)14-8-6-13(7-9-14)12-4-2-1-3-5-12/h1-11H,(H,21,24). The fourth-order valence-electron chi connectivity index (χ4n) is 2.58. The number of fused-ring (bicyclic) bond motifs is 1. The first kappa shape index (κ1) is 15.7. The molecular weight excluding hydrogens is 354 g/mol. The van der Waals surface area contributed by atoms with Gasteiger partial charge in [-0.1, -0.05) is 54.1 Å². The lowest BCUT2D eigenvalue weighted by Gasteiger charge is -2.08. The zero-order valence-corrected chi connectivity index (χ0v) is 14.5. The third kappa shape index (κ3) is 3.12. The number of hydrogen-bond acceptors (Lipinski definition) is 4. The van der Waals surface area contributed by atoms with Crippen LogP contribution in [0.25, 0.3) is 22.2 Å². The maximum atomic E-state index is 12.6. The Morgan fingerprint density at radius 2 is 1.60 bits per heavy atom. The molecule has 0 aliphatic heterocycles. The van der Waals surface area contributed by atoms with Crippen molar-refractivity contribution >= 4 is 46.0 Å². The van der Waals surface area contributed by atoms with Crippen LogP contribution in [0.5, 0.6) is 0 Å². The highest BCUT2D eigenvalue weighted by molar-refractivity contribution is 7.00. The number of carbonyl (C=O) groups is 1. The third-order valence-corrected chi connectivity index (χ3v) is 4.73. The number of benzene rings is 3. The summed E-state index contributed by atoms with van der Waals surface area (Å²) in [5, 5.41) is 3.29. The molecule has 1 amide bonds. The maximum absolute atomic E-state index is 12.6. The van der Waals surface area contributed by atoms with Crippen LogP contribution in [0.3, 0.4) is 0 Å². The van der Waals surface area contributed by atoms with Crippen molar-refractivity contribution in [2.75, 3.05) is 5.32 Å². The second-order valence-electron chi connectivity index (χ2n) is 5.45. The fourth-order valence-corrected chi connectivity index (χ4v) is 3.32. The molecule has 0 radical (unpaired) electrons. The van der Waals surface area contributed by atoms with E-state index in [4.69, 9.17) is 11.6 Å². The lowest BCUT2D eigenvalue weighted by molar-refractivity contribution is 0.102. The Bertz CT molecular complexity index is 1050. The monoisotopic (exact) mass is 365 g/mol. The summed E-state index contributed by atoms with van der Waals surface area (Å²) in [6.07, 6.45) is 0. The van der Waals surface area contributed by atoms with Gasteiger partial charge >= 0.3 is 0 Å². The first-order chi connectivity index (χ1) is 12.2. The van der Waals surface area contributed by atoms with Crippen molar-refractivity contribution < 1.29 is 4.79 Å². The molecule has 0 bridgehead atoms. The van der Waals surface area contributed by atoms with Gasteiger partial charge in [0.15, 0.2) is 0 Å². The van der Waals surface area contributed by atoms with Crippen LogP contribution in [0.2, 0.25) is 5.02 Å². The summed E-state index contributed by atoms with van der Waals surface area (Å²) >= 11 is 7.31. The van der Waals surface area contributed by atoms with Crippen molar-refractivity contribution in [3.05, 3.63) is 77.3 Å². The summed E-state index contributed by atoms with van der Waals surface area (Å²) < 4.78 is 8.38. The van der Waals surface area contributed by atoms with Gasteiger partial charge in [-0.2, -0.15) is 8.75 Å². The van der Waals surface area contributed by atoms with Gasteiger partial charge in [-0.15, -0.1) is 0 Å². The molecule has 0 saturated carbocycles. The van der Waals surface area contributed by atoms with Gasteiger partial charge < -0.3 is 5.32 Å². The van der Waals surface area contributed by atoms with Crippen LogP contribution in [-0.4, -0.2) is 14.7 Å². The van der Waals surface area contributed by atoms with E-state index >= 15 is 0 Å². The summed E-state index contributed by atoms with van der Waals surface area (Å²) in [5.74, 6) is -0.234. The Labute approximate surface area is 153 Å². The quantitative estimate of drug-likeness (QED) is 0.538. The van der Waals surface area contributed by atoms with E-state index in [0.717, 1.165) is 22.9 Å². The highest BCUT2D eigenvalue weighted by atomic mass is 35.5. The molecule has 1 aromatic heterocycles. The van der Waals surface area contributed by atoms with Gasteiger partial charge in [0.2, 0.25) is 0 Å². The molecule has 0 atom stereocenters. The SMILES string of the molecule is O=C(Nc1c(Cl)ccc2nsnc12)c1ccc(-c2ccccc2)cc1. The Kier molecular flexibility index (Phi) is 4.17. The van der Waals surface area contributed by atoms with E-state index in [2.05, 4.69) is 14.1 Å². The topological polar surface area (TPSA) is 54.9 Å². The van der Waals surface area contributed by atoms with E-state index in [-0.39, 0.29) is 5.91 Å². The predicted molar refractivity (Wildman–Crippen MR) is 102 cm³/mol. The number of amides is 1. The van der Waals surface area contributed by atoms with Crippen LogP contribution in [0.1, 0.15) is 10.4 Å². The number of anilines is 1. The molecule has 4 aromatic rings. The van der Waals surface area contributed by atoms with E-state index < -0.39 is 0 Å². The molecule has 0 aliphatic rings. The Morgan fingerprint density at radius 3 is 2.36 bits per heavy atom. The summed E-state index contributed by atoms with van der Waals surface area (Å²) in [6.45, 7) is 0. The van der Waals surface area contributed by atoms with Crippen molar-refractivity contribution in [2.45, 2.75) is 0 Å². The van der Waals surface area contributed by atoms with Crippen molar-refractivity contribution in [3.8, 4) is 11.1 Å². The van der Waals surface area contributed by atoms with Crippen molar-refractivity contribution in [3.63, 3.8) is 0 Å². The molecule has 122 valence electrons. The third-order valence-electron chi connectivity index (χ3n) is 3.87. The van der Waals surface area contributed by atoms with Gasteiger partial charge in [0.25, 0.3) is 5.91 Å². The molecule has 25 heavy (non-hydrogen) atoms. The Hall–Kier alpha value is -2.76. The maximum Gasteiger partial charge on any atom is 0.255 e. The van der Waals surface area contributed by atoms with Crippen LogP contribution >= 0.6 is 23.3 Å². The molecule has 4 nitrogen and oxygen atoms in total. The number of halogens is 1. The number of nitrogens with one attached hydrogen (secondary N) is 1. The first-order valence-corrected chi connectivity index (χ1v) is 8.71. The highest BCUT2D eigenvalue weighted by Crippen LogP contribution is 2.30. The number of aromatic nitrogens is 2. The first-order valence-electron chi connectivity index (χ1n) is 7.60. The van der Waals surface area contributed by atoms with E-state index in [1.807, 2.05) is 42.5 Å². The zero-order valence-electron chi connectivity index (χ0n) is 12.9. The van der Waals surface area contributed by atoms with Crippen LogP contribution in [-0.2, 0) is 0 Å². The molecule has 0 unspecified atom stereocenters. The number of nitrogens with zero attached hydrogens (tertiary/aromatic N) is 2. The molecule has 0 fully saturated rings. The van der Waals surface area contributed by atoms with Crippen molar-refractivity contribution in [1.82, 2.24) is 8.75 Å². The second-order valence-corrected chi connectivity index (χ2v) is 6.39. The van der Waals surface area contributed by atoms with Crippen LogP contribution in [0, 0.1) is 0 Å². The molecule has 0 aliphatic carbocycles. The van der Waals surface area contributed by atoms with Gasteiger partial charge in [-0.25, -0.2) is 0 Å². The molecule has 0 spiro atoms. The lowest BCUT2D eigenvalue weighted by Crippen LogP contribution is -2.12. The van der Waals surface area contributed by atoms with Gasteiger partial charge in [-0.05, 0) is 35.4 Å². The van der Waals surface area contributed by atoms with Gasteiger partial charge in [0.1, 0.15) is 11.0 Å². The minimum atomic E-state index is -0.234. The normalized spacial score (nSPS) is 10.8. The Balaban J connectivity index is 1.61. The number of rotatable bonds is 3. The zero-order chi connectivity index (χ0) is 17.2. The summed E-state index contributed by atoms with van der Waals surface area (Å²) in [7, 11) is 0. The van der Waals surface area contributed by atoms with Crippen LogP contribution in [0.15, 0.2) is 66.7 Å². The molecule has 6 heteroatoms. The molecule has 4 rings (SSSR count). The van der Waals surface area contributed by atoms with Gasteiger partial charge in [-0.3, -0.25) is 4.79 Å². The van der Waals surface area contributed by atoms with E-state index in [1.54, 1.807) is 24.3 Å². The average molecular weight is 366 g/mol. The van der Waals surface area contributed by atoms with Crippen LogP contribution < -0.4 is 5.32 Å². The molecule has 3 aromatic carbocycles.